The molecular formula is C12H19N3O3. The predicted molar refractivity (Wildman–Crippen MR) is 70.8 cm³/mol. The highest BCUT2D eigenvalue weighted by Crippen LogP contribution is 2.25. The van der Waals surface area contributed by atoms with Crippen molar-refractivity contribution in [2.75, 3.05) is 32.6 Å². The Kier molecular flexibility index (Phi) is 6.10. The topological polar surface area (TPSA) is 76.4 Å². The van der Waals surface area contributed by atoms with Gasteiger partial charge < -0.3 is 15.4 Å². The van der Waals surface area contributed by atoms with Crippen LogP contribution in [0.4, 0.5) is 11.4 Å². The lowest BCUT2D eigenvalue weighted by Gasteiger charge is -2.08. The summed E-state index contributed by atoms with van der Waals surface area (Å²) in [4.78, 5) is 10.6. The maximum Gasteiger partial charge on any atom is 0.292 e. The van der Waals surface area contributed by atoms with Crippen LogP contribution in [-0.4, -0.2) is 32.2 Å². The summed E-state index contributed by atoms with van der Waals surface area (Å²) in [5.41, 5.74) is 1.56. The molecule has 6 heteroatoms. The van der Waals surface area contributed by atoms with Gasteiger partial charge in [0.15, 0.2) is 0 Å². The quantitative estimate of drug-likeness (QED) is 0.419. The van der Waals surface area contributed by atoms with E-state index in [2.05, 4.69) is 10.6 Å². The van der Waals surface area contributed by atoms with Gasteiger partial charge in [0.25, 0.3) is 5.69 Å². The van der Waals surface area contributed by atoms with E-state index in [0.717, 1.165) is 12.0 Å². The minimum absolute atomic E-state index is 0.111. The number of ether oxygens (including phenoxy) is 1. The fourth-order valence-electron chi connectivity index (χ4n) is 1.63. The van der Waals surface area contributed by atoms with E-state index in [4.69, 9.17) is 4.74 Å². The van der Waals surface area contributed by atoms with Gasteiger partial charge in [-0.3, -0.25) is 10.1 Å². The first-order chi connectivity index (χ1) is 8.69. The van der Waals surface area contributed by atoms with Crippen LogP contribution in [0.15, 0.2) is 18.2 Å². The van der Waals surface area contributed by atoms with Gasteiger partial charge in [-0.25, -0.2) is 0 Å². The van der Waals surface area contributed by atoms with Crippen LogP contribution in [-0.2, 0) is 11.3 Å². The third-order valence-electron chi connectivity index (χ3n) is 2.48. The normalized spacial score (nSPS) is 10.3. The molecule has 0 spiro atoms. The van der Waals surface area contributed by atoms with Crippen LogP contribution in [0.2, 0.25) is 0 Å². The maximum absolute atomic E-state index is 11.0. The summed E-state index contributed by atoms with van der Waals surface area (Å²) in [5.74, 6) is 0. The van der Waals surface area contributed by atoms with Crippen molar-refractivity contribution < 1.29 is 9.66 Å². The predicted octanol–water partition coefficient (Wildman–Crippen LogP) is 1.76. The van der Waals surface area contributed by atoms with Gasteiger partial charge in [0, 0.05) is 32.9 Å². The fraction of sp³-hybridized carbons (Fsp3) is 0.500. The zero-order chi connectivity index (χ0) is 13.4. The van der Waals surface area contributed by atoms with Gasteiger partial charge in [-0.1, -0.05) is 6.07 Å². The Morgan fingerprint density at radius 3 is 2.83 bits per heavy atom. The van der Waals surface area contributed by atoms with Gasteiger partial charge in [-0.15, -0.1) is 0 Å². The van der Waals surface area contributed by atoms with E-state index >= 15 is 0 Å². The smallest absolute Gasteiger partial charge is 0.292 e. The zero-order valence-corrected chi connectivity index (χ0v) is 10.7. The fourth-order valence-corrected chi connectivity index (χ4v) is 1.63. The van der Waals surface area contributed by atoms with Crippen LogP contribution < -0.4 is 10.6 Å². The molecule has 0 bridgehead atoms. The lowest BCUT2D eigenvalue weighted by Crippen LogP contribution is -2.09. The molecule has 1 aromatic carbocycles. The molecule has 0 fully saturated rings. The summed E-state index contributed by atoms with van der Waals surface area (Å²) >= 11 is 0. The molecule has 0 saturated carbocycles. The van der Waals surface area contributed by atoms with E-state index in [1.54, 1.807) is 19.2 Å². The van der Waals surface area contributed by atoms with Crippen LogP contribution in [0.1, 0.15) is 12.0 Å². The summed E-state index contributed by atoms with van der Waals surface area (Å²) in [7, 11) is 3.44. The van der Waals surface area contributed by atoms with E-state index in [9.17, 15) is 10.1 Å². The largest absolute Gasteiger partial charge is 0.385 e. The highest BCUT2D eigenvalue weighted by molar-refractivity contribution is 5.62. The summed E-state index contributed by atoms with van der Waals surface area (Å²) in [6, 6.07) is 5.22. The standard InChI is InChI=1S/C12H19N3O3/c1-13-9-10-4-5-11(12(8-10)15(16)17)14-6-3-7-18-2/h4-5,8,13-14H,3,6-7,9H2,1-2H3. The molecule has 100 valence electrons. The highest BCUT2D eigenvalue weighted by Gasteiger charge is 2.13. The number of nitrogens with zero attached hydrogens (tertiary/aromatic N) is 1. The number of benzene rings is 1. The lowest BCUT2D eigenvalue weighted by atomic mass is 10.1. The molecule has 0 aliphatic carbocycles. The third kappa shape index (κ3) is 4.31. The van der Waals surface area contributed by atoms with Gasteiger partial charge in [0.2, 0.25) is 0 Å². The van der Waals surface area contributed by atoms with Crippen molar-refractivity contribution in [2.45, 2.75) is 13.0 Å². The van der Waals surface area contributed by atoms with Crippen molar-refractivity contribution >= 4 is 11.4 Å². The van der Waals surface area contributed by atoms with Gasteiger partial charge in [-0.2, -0.15) is 0 Å². The molecule has 0 amide bonds. The minimum atomic E-state index is -0.363. The highest BCUT2D eigenvalue weighted by atomic mass is 16.6. The second-order valence-corrected chi connectivity index (χ2v) is 3.91. The molecule has 6 nitrogen and oxygen atoms in total. The lowest BCUT2D eigenvalue weighted by molar-refractivity contribution is -0.384. The molecule has 0 aromatic heterocycles. The third-order valence-corrected chi connectivity index (χ3v) is 2.48. The van der Waals surface area contributed by atoms with Crippen molar-refractivity contribution in [3.63, 3.8) is 0 Å². The second-order valence-electron chi connectivity index (χ2n) is 3.91. The molecule has 0 aliphatic heterocycles. The van der Waals surface area contributed by atoms with Gasteiger partial charge >= 0.3 is 0 Å². The second kappa shape index (κ2) is 7.62. The average molecular weight is 253 g/mol. The molecular weight excluding hydrogens is 234 g/mol. The average Bonchev–Trinajstić information content (AvgIpc) is 2.36. The van der Waals surface area contributed by atoms with E-state index in [0.29, 0.717) is 25.4 Å². The number of rotatable bonds is 8. The van der Waals surface area contributed by atoms with Crippen LogP contribution in [0.3, 0.4) is 0 Å². The van der Waals surface area contributed by atoms with Gasteiger partial charge in [0.1, 0.15) is 5.69 Å². The summed E-state index contributed by atoms with van der Waals surface area (Å²) in [6.07, 6.45) is 0.811. The Hall–Kier alpha value is -1.66. The molecule has 0 unspecified atom stereocenters. The first-order valence-electron chi connectivity index (χ1n) is 5.83. The molecule has 0 heterocycles. The Bertz CT molecular complexity index is 396. The first kappa shape index (κ1) is 14.4. The van der Waals surface area contributed by atoms with Crippen LogP contribution in [0.25, 0.3) is 0 Å². The zero-order valence-electron chi connectivity index (χ0n) is 10.7. The molecule has 0 aliphatic rings. The van der Waals surface area contributed by atoms with Crippen molar-refractivity contribution in [3.05, 3.63) is 33.9 Å². The van der Waals surface area contributed by atoms with E-state index < -0.39 is 0 Å². The number of hydrogen-bond acceptors (Lipinski definition) is 5. The number of methoxy groups -OCH3 is 1. The molecule has 1 aromatic rings. The number of nitrogens with one attached hydrogen (secondary N) is 2. The summed E-state index contributed by atoms with van der Waals surface area (Å²) in [6.45, 7) is 1.91. The van der Waals surface area contributed by atoms with Gasteiger partial charge in [0.05, 0.1) is 4.92 Å². The minimum Gasteiger partial charge on any atom is -0.385 e. The Morgan fingerprint density at radius 1 is 1.44 bits per heavy atom. The number of nitro benzene ring substituents is 1. The van der Waals surface area contributed by atoms with Gasteiger partial charge in [-0.05, 0) is 25.1 Å². The molecule has 0 saturated heterocycles. The van der Waals surface area contributed by atoms with Crippen LogP contribution in [0.5, 0.6) is 0 Å². The molecule has 0 radical (unpaired) electrons. The molecule has 0 atom stereocenters. The number of hydrogen-bond donors (Lipinski definition) is 2. The van der Waals surface area contributed by atoms with E-state index in [-0.39, 0.29) is 10.6 Å². The molecule has 1 rings (SSSR count). The number of anilines is 1. The molecule has 2 N–H and O–H groups in total. The maximum atomic E-state index is 11.0. The summed E-state index contributed by atoms with van der Waals surface area (Å²) < 4.78 is 4.93. The summed E-state index contributed by atoms with van der Waals surface area (Å²) in [5, 5.41) is 17.0. The SMILES string of the molecule is CNCc1ccc(NCCCOC)c([N+](=O)[O-])c1. The van der Waals surface area contributed by atoms with Crippen molar-refractivity contribution in [3.8, 4) is 0 Å². The van der Waals surface area contributed by atoms with E-state index in [1.165, 1.54) is 0 Å². The Labute approximate surface area is 106 Å². The van der Waals surface area contributed by atoms with Crippen molar-refractivity contribution in [1.82, 2.24) is 5.32 Å². The van der Waals surface area contributed by atoms with Crippen molar-refractivity contribution in [2.24, 2.45) is 0 Å². The first-order valence-corrected chi connectivity index (χ1v) is 5.83. The van der Waals surface area contributed by atoms with Crippen LogP contribution in [0, 0.1) is 10.1 Å². The Balaban J connectivity index is 2.73. The molecule has 18 heavy (non-hydrogen) atoms. The van der Waals surface area contributed by atoms with Crippen molar-refractivity contribution in [1.29, 1.82) is 0 Å². The van der Waals surface area contributed by atoms with Crippen LogP contribution >= 0.6 is 0 Å². The number of nitro groups is 1. The van der Waals surface area contributed by atoms with E-state index in [1.807, 2.05) is 13.1 Å². The monoisotopic (exact) mass is 253 g/mol. The Morgan fingerprint density at radius 2 is 2.22 bits per heavy atom.